The van der Waals surface area contributed by atoms with Gasteiger partial charge in [0.2, 0.25) is 0 Å². The smallest absolute Gasteiger partial charge is 0.282 e. The van der Waals surface area contributed by atoms with Crippen LogP contribution < -0.4 is 0 Å². The van der Waals surface area contributed by atoms with Crippen LogP contribution in [0.25, 0.3) is 11.4 Å². The fourth-order valence-electron chi connectivity index (χ4n) is 7.49. The quantitative estimate of drug-likeness (QED) is 0.0915. The number of alkyl halides is 4. The SMILES string of the molecule is C[C@@H](O)c1cc(F)ccc1-n1nc(C(F)F)cc1Cc1cnn(CC2CC2)c1.C[C@@H](OCc1ccccc1)c1cc(F)ccc1-n1nc(C(F)F)cc1Cc1cnn(CC2CC2)c1. The van der Waals surface area contributed by atoms with Crippen LogP contribution >= 0.6 is 0 Å². The van der Waals surface area contributed by atoms with Crippen molar-refractivity contribution in [1.82, 2.24) is 39.1 Å². The number of halogens is 6. The van der Waals surface area contributed by atoms with Crippen LogP contribution in [0.1, 0.15) is 115 Å². The molecule has 2 aliphatic rings. The fraction of sp³-hybridized carbons (Fsp3) is 0.362. The van der Waals surface area contributed by atoms with Gasteiger partial charge in [0.15, 0.2) is 0 Å². The minimum Gasteiger partial charge on any atom is -0.389 e. The minimum absolute atomic E-state index is 0.287. The number of aliphatic hydroxyl groups is 1. The Bertz CT molecular complexity index is 2610. The predicted octanol–water partition coefficient (Wildman–Crippen LogP) is 10.6. The number of hydrogen-bond acceptors (Lipinski definition) is 6. The standard InChI is InChI=1S/C27H27F3N4O.C20H21F3N4O/c1-18(35-17-20-5-3-2-4-6-20)24-12-22(28)9-10-26(24)34-23(13-25(32-34)27(29)30)11-21-14-31-33(16-21)15-19-7-8-19;1-12(28)17-7-15(21)4-5-19(17)27-16(8-18(25-27)20(22)23)6-14-9-24-26(11-14)10-13-2-3-13/h2-6,9-10,12-14,16,18-19,27H,7-8,11,15,17H2,1H3;4-5,7-9,11-13,20,28H,2-3,6,10H2,1H3/t18-;12-/m11/s1. The molecule has 0 unspecified atom stereocenters. The molecule has 2 fully saturated rings. The van der Waals surface area contributed by atoms with E-state index in [2.05, 4.69) is 20.4 Å². The number of aliphatic hydroxyl groups excluding tert-OH is 1. The van der Waals surface area contributed by atoms with Gasteiger partial charge in [-0.05, 0) is 117 Å². The largest absolute Gasteiger partial charge is 0.389 e. The van der Waals surface area contributed by atoms with Gasteiger partial charge in [-0.2, -0.15) is 20.4 Å². The van der Waals surface area contributed by atoms with Crippen molar-refractivity contribution >= 4 is 0 Å². The van der Waals surface area contributed by atoms with E-state index >= 15 is 0 Å². The zero-order valence-corrected chi connectivity index (χ0v) is 34.8. The molecular formula is C47H48F6N8O2. The summed E-state index contributed by atoms with van der Waals surface area (Å²) < 4.78 is 94.4. The molecule has 0 aliphatic heterocycles. The lowest BCUT2D eigenvalue weighted by molar-refractivity contribution is 0.0522. The summed E-state index contributed by atoms with van der Waals surface area (Å²) in [4.78, 5) is 0. The molecule has 1 N–H and O–H groups in total. The van der Waals surface area contributed by atoms with Crippen molar-refractivity contribution < 1.29 is 36.2 Å². The fourth-order valence-corrected chi connectivity index (χ4v) is 7.49. The predicted molar refractivity (Wildman–Crippen MR) is 223 cm³/mol. The van der Waals surface area contributed by atoms with Crippen LogP contribution in [-0.2, 0) is 37.3 Å². The lowest BCUT2D eigenvalue weighted by Crippen LogP contribution is -2.10. The highest BCUT2D eigenvalue weighted by Crippen LogP contribution is 2.33. The second kappa shape index (κ2) is 19.2. The van der Waals surface area contributed by atoms with E-state index in [1.165, 1.54) is 84.4 Å². The number of hydrogen-bond donors (Lipinski definition) is 1. The van der Waals surface area contributed by atoms with Gasteiger partial charge in [0.25, 0.3) is 12.9 Å². The number of aromatic nitrogens is 8. The van der Waals surface area contributed by atoms with Crippen molar-refractivity contribution in [3.05, 3.63) is 166 Å². The number of ether oxygens (including phenoxy) is 1. The minimum atomic E-state index is -2.73. The zero-order valence-electron chi connectivity index (χ0n) is 34.8. The molecule has 10 nitrogen and oxygen atoms in total. The summed E-state index contributed by atoms with van der Waals surface area (Å²) in [7, 11) is 0. The van der Waals surface area contributed by atoms with E-state index < -0.39 is 36.7 Å². The Hall–Kier alpha value is -6.00. The second-order valence-electron chi connectivity index (χ2n) is 16.4. The summed E-state index contributed by atoms with van der Waals surface area (Å²) in [5.74, 6) is 0.418. The van der Waals surface area contributed by atoms with Crippen LogP contribution in [-0.4, -0.2) is 44.2 Å². The maximum absolute atomic E-state index is 14.3. The Morgan fingerprint density at radius 1 is 0.635 bits per heavy atom. The Balaban J connectivity index is 0.000000177. The van der Waals surface area contributed by atoms with Gasteiger partial charge in [-0.1, -0.05) is 30.3 Å². The monoisotopic (exact) mass is 870 g/mol. The third-order valence-electron chi connectivity index (χ3n) is 11.1. The molecule has 0 spiro atoms. The summed E-state index contributed by atoms with van der Waals surface area (Å²) in [5, 5.41) is 27.0. The molecule has 0 saturated heterocycles. The van der Waals surface area contributed by atoms with Crippen molar-refractivity contribution in [2.24, 2.45) is 11.8 Å². The van der Waals surface area contributed by atoms with E-state index in [1.807, 2.05) is 59.0 Å². The zero-order chi connectivity index (χ0) is 44.2. The van der Waals surface area contributed by atoms with Crippen LogP contribution in [0.15, 0.2) is 104 Å². The summed E-state index contributed by atoms with van der Waals surface area (Å²) in [6.07, 6.45) is 6.04. The Kier molecular flexibility index (Phi) is 13.3. The van der Waals surface area contributed by atoms with Gasteiger partial charge in [-0.25, -0.2) is 35.7 Å². The van der Waals surface area contributed by atoms with Gasteiger partial charge in [0, 0.05) is 60.8 Å². The lowest BCUT2D eigenvalue weighted by Gasteiger charge is -2.19. The first-order valence-corrected chi connectivity index (χ1v) is 21.1. The van der Waals surface area contributed by atoms with Crippen LogP contribution in [0.5, 0.6) is 0 Å². The number of nitrogens with zero attached hydrogens (tertiary/aromatic N) is 8. The van der Waals surface area contributed by atoms with E-state index in [-0.39, 0.29) is 17.0 Å². The molecule has 4 aromatic heterocycles. The Morgan fingerprint density at radius 3 is 1.57 bits per heavy atom. The van der Waals surface area contributed by atoms with Gasteiger partial charge in [0.1, 0.15) is 23.0 Å². The lowest BCUT2D eigenvalue weighted by atomic mass is 10.1. The van der Waals surface area contributed by atoms with Gasteiger partial charge < -0.3 is 9.84 Å². The number of benzene rings is 3. The third kappa shape index (κ3) is 11.2. The molecule has 330 valence electrons. The Labute approximate surface area is 360 Å². The maximum atomic E-state index is 14.3. The molecule has 2 atom stereocenters. The topological polar surface area (TPSA) is 101 Å². The third-order valence-corrected chi connectivity index (χ3v) is 11.1. The van der Waals surface area contributed by atoms with E-state index in [0.29, 0.717) is 59.6 Å². The summed E-state index contributed by atoms with van der Waals surface area (Å²) in [6.45, 7) is 5.40. The van der Waals surface area contributed by atoms with E-state index in [1.54, 1.807) is 18.5 Å². The molecule has 16 heteroatoms. The van der Waals surface area contributed by atoms with E-state index in [4.69, 9.17) is 4.74 Å². The Morgan fingerprint density at radius 2 is 1.11 bits per heavy atom. The van der Waals surface area contributed by atoms with Gasteiger partial charge in [-0.3, -0.25) is 9.36 Å². The van der Waals surface area contributed by atoms with Crippen LogP contribution in [0.4, 0.5) is 26.3 Å². The molecule has 63 heavy (non-hydrogen) atoms. The van der Waals surface area contributed by atoms with Crippen LogP contribution in [0.3, 0.4) is 0 Å². The molecule has 0 amide bonds. The normalized spacial score (nSPS) is 14.9. The first kappa shape index (κ1) is 43.6. The molecule has 7 aromatic rings. The van der Waals surface area contributed by atoms with E-state index in [9.17, 15) is 31.4 Å². The average molecular weight is 871 g/mol. The maximum Gasteiger partial charge on any atom is 0.282 e. The summed E-state index contributed by atoms with van der Waals surface area (Å²) in [5.41, 5.74) is 4.91. The molecule has 0 bridgehead atoms. The first-order chi connectivity index (χ1) is 30.4. The molecule has 4 heterocycles. The highest BCUT2D eigenvalue weighted by atomic mass is 19.3. The van der Waals surface area contributed by atoms with Crippen molar-refractivity contribution in [2.45, 2.75) is 97.1 Å². The van der Waals surface area contributed by atoms with Crippen molar-refractivity contribution in [3.63, 3.8) is 0 Å². The van der Waals surface area contributed by atoms with Gasteiger partial charge >= 0.3 is 0 Å². The van der Waals surface area contributed by atoms with Gasteiger partial charge in [0.05, 0.1) is 42.6 Å². The molecular weight excluding hydrogens is 823 g/mol. The van der Waals surface area contributed by atoms with Gasteiger partial charge in [-0.15, -0.1) is 0 Å². The molecule has 0 radical (unpaired) electrons. The average Bonchev–Trinajstić information content (AvgIpc) is 4.03. The molecule has 2 aliphatic carbocycles. The first-order valence-electron chi connectivity index (χ1n) is 21.1. The second-order valence-corrected chi connectivity index (χ2v) is 16.4. The highest BCUT2D eigenvalue weighted by molar-refractivity contribution is 5.46. The number of rotatable bonds is 17. The molecule has 2 saturated carbocycles. The highest BCUT2D eigenvalue weighted by Gasteiger charge is 2.25. The van der Waals surface area contributed by atoms with Crippen molar-refractivity contribution in [3.8, 4) is 11.4 Å². The summed E-state index contributed by atoms with van der Waals surface area (Å²) >= 11 is 0. The molecule has 3 aromatic carbocycles. The van der Waals surface area contributed by atoms with Crippen molar-refractivity contribution in [1.29, 1.82) is 0 Å². The van der Waals surface area contributed by atoms with Crippen LogP contribution in [0, 0.1) is 23.5 Å². The molecule has 9 rings (SSSR count). The van der Waals surface area contributed by atoms with Crippen molar-refractivity contribution in [2.75, 3.05) is 0 Å². The van der Waals surface area contributed by atoms with Crippen LogP contribution in [0.2, 0.25) is 0 Å². The summed E-state index contributed by atoms with van der Waals surface area (Å²) in [6, 6.07) is 20.5. The van der Waals surface area contributed by atoms with E-state index in [0.717, 1.165) is 29.8 Å².